The van der Waals surface area contributed by atoms with Crippen LogP contribution < -0.4 is 0 Å². The summed E-state index contributed by atoms with van der Waals surface area (Å²) in [4.78, 5) is 12.5. The maximum atomic E-state index is 11.1. The molecular weight excluding hydrogens is 194 g/mol. The lowest BCUT2D eigenvalue weighted by Gasteiger charge is -2.25. The standard InChI is InChI=1S/C7H13NO4S/c1-2-12-7(9)8-3-5-13(10,11)6-4-8/h2-6H2,1H3. The largest absolute Gasteiger partial charge is 0.450 e. The van der Waals surface area contributed by atoms with E-state index in [2.05, 4.69) is 0 Å². The van der Waals surface area contributed by atoms with Crippen molar-refractivity contribution in [3.8, 4) is 0 Å². The summed E-state index contributed by atoms with van der Waals surface area (Å²) in [7, 11) is -2.91. The molecule has 0 N–H and O–H groups in total. The number of nitrogens with zero attached hydrogens (tertiary/aromatic N) is 1. The molecule has 76 valence electrons. The fourth-order valence-electron chi connectivity index (χ4n) is 1.11. The smallest absolute Gasteiger partial charge is 0.409 e. The highest BCUT2D eigenvalue weighted by Crippen LogP contribution is 2.04. The van der Waals surface area contributed by atoms with Gasteiger partial charge >= 0.3 is 6.09 Å². The summed E-state index contributed by atoms with van der Waals surface area (Å²) in [6, 6.07) is 0. The van der Waals surface area contributed by atoms with Crippen molar-refractivity contribution in [1.82, 2.24) is 4.90 Å². The first-order valence-corrected chi connectivity index (χ1v) is 5.99. The van der Waals surface area contributed by atoms with Gasteiger partial charge in [-0.3, -0.25) is 0 Å². The van der Waals surface area contributed by atoms with E-state index in [9.17, 15) is 13.2 Å². The molecule has 1 aliphatic rings. The highest BCUT2D eigenvalue weighted by molar-refractivity contribution is 7.91. The van der Waals surface area contributed by atoms with Crippen molar-refractivity contribution < 1.29 is 17.9 Å². The molecule has 0 aromatic carbocycles. The minimum atomic E-state index is -2.91. The Kier molecular flexibility index (Phi) is 3.13. The van der Waals surface area contributed by atoms with Crippen molar-refractivity contribution in [2.45, 2.75) is 6.92 Å². The van der Waals surface area contributed by atoms with Gasteiger partial charge in [0, 0.05) is 13.1 Å². The summed E-state index contributed by atoms with van der Waals surface area (Å²) in [5.74, 6) is 0.0949. The Morgan fingerprint density at radius 1 is 1.38 bits per heavy atom. The van der Waals surface area contributed by atoms with Gasteiger partial charge in [0.25, 0.3) is 0 Å². The molecule has 0 aliphatic carbocycles. The summed E-state index contributed by atoms with van der Waals surface area (Å²) < 4.78 is 26.7. The van der Waals surface area contributed by atoms with E-state index in [1.807, 2.05) is 0 Å². The Bertz CT molecular complexity index is 271. The molecule has 1 amide bonds. The molecule has 0 radical (unpaired) electrons. The third-order valence-electron chi connectivity index (χ3n) is 1.87. The Balaban J connectivity index is 2.45. The summed E-state index contributed by atoms with van der Waals surface area (Å²) in [6.07, 6.45) is -0.419. The molecule has 1 saturated heterocycles. The van der Waals surface area contributed by atoms with E-state index >= 15 is 0 Å². The molecule has 1 fully saturated rings. The van der Waals surface area contributed by atoms with Crippen LogP contribution in [0.4, 0.5) is 4.79 Å². The fraction of sp³-hybridized carbons (Fsp3) is 0.857. The van der Waals surface area contributed by atoms with Crippen molar-refractivity contribution in [2.24, 2.45) is 0 Å². The first-order valence-electron chi connectivity index (χ1n) is 4.17. The quantitative estimate of drug-likeness (QED) is 0.601. The Hall–Kier alpha value is -0.780. The molecule has 0 saturated carbocycles. The van der Waals surface area contributed by atoms with Crippen LogP contribution in [-0.2, 0) is 14.6 Å². The molecule has 0 spiro atoms. The second-order valence-corrected chi connectivity index (χ2v) is 5.14. The topological polar surface area (TPSA) is 63.7 Å². The Labute approximate surface area is 77.6 Å². The maximum absolute atomic E-state index is 11.1. The molecule has 0 unspecified atom stereocenters. The van der Waals surface area contributed by atoms with Gasteiger partial charge in [-0.2, -0.15) is 0 Å². The zero-order valence-corrected chi connectivity index (χ0v) is 8.34. The normalized spacial score (nSPS) is 21.2. The second-order valence-electron chi connectivity index (χ2n) is 2.84. The van der Waals surface area contributed by atoms with Gasteiger partial charge in [0.05, 0.1) is 18.1 Å². The van der Waals surface area contributed by atoms with E-state index in [1.165, 1.54) is 4.90 Å². The Morgan fingerprint density at radius 2 is 1.92 bits per heavy atom. The second kappa shape index (κ2) is 3.95. The number of hydrogen-bond acceptors (Lipinski definition) is 4. The predicted octanol–water partition coefficient (Wildman–Crippen LogP) is -0.127. The third-order valence-corrected chi connectivity index (χ3v) is 3.48. The molecule has 1 heterocycles. The van der Waals surface area contributed by atoms with E-state index in [0.29, 0.717) is 6.61 Å². The van der Waals surface area contributed by atoms with Crippen molar-refractivity contribution in [3.05, 3.63) is 0 Å². The van der Waals surface area contributed by atoms with Crippen molar-refractivity contribution >= 4 is 15.9 Å². The summed E-state index contributed by atoms with van der Waals surface area (Å²) in [5, 5.41) is 0. The van der Waals surface area contributed by atoms with Crippen LogP contribution in [0.5, 0.6) is 0 Å². The molecule has 1 aliphatic heterocycles. The number of sulfone groups is 1. The number of carbonyl (C=O) groups is 1. The summed E-state index contributed by atoms with van der Waals surface area (Å²) >= 11 is 0. The number of amides is 1. The van der Waals surface area contributed by atoms with Crippen LogP contribution in [-0.4, -0.2) is 50.6 Å². The van der Waals surface area contributed by atoms with Crippen LogP contribution in [0, 0.1) is 0 Å². The predicted molar refractivity (Wildman–Crippen MR) is 47.2 cm³/mol. The molecule has 0 bridgehead atoms. The highest BCUT2D eigenvalue weighted by atomic mass is 32.2. The van der Waals surface area contributed by atoms with Gasteiger partial charge in [0.2, 0.25) is 0 Å². The van der Waals surface area contributed by atoms with Crippen LogP contribution in [0.25, 0.3) is 0 Å². The van der Waals surface area contributed by atoms with Gasteiger partial charge in [-0.15, -0.1) is 0 Å². The van der Waals surface area contributed by atoms with Crippen molar-refractivity contribution in [1.29, 1.82) is 0 Å². The van der Waals surface area contributed by atoms with Gasteiger partial charge in [0.15, 0.2) is 9.84 Å². The van der Waals surface area contributed by atoms with E-state index in [1.54, 1.807) is 6.92 Å². The molecular formula is C7H13NO4S. The molecule has 6 heteroatoms. The number of hydrogen-bond donors (Lipinski definition) is 0. The number of ether oxygens (including phenoxy) is 1. The zero-order chi connectivity index (χ0) is 9.90. The molecule has 13 heavy (non-hydrogen) atoms. The van der Waals surface area contributed by atoms with E-state index in [-0.39, 0.29) is 24.6 Å². The summed E-state index contributed by atoms with van der Waals surface area (Å²) in [5.41, 5.74) is 0. The van der Waals surface area contributed by atoms with Crippen LogP contribution in [0.1, 0.15) is 6.92 Å². The van der Waals surface area contributed by atoms with Crippen LogP contribution in [0.3, 0.4) is 0 Å². The minimum Gasteiger partial charge on any atom is -0.450 e. The van der Waals surface area contributed by atoms with Crippen molar-refractivity contribution in [3.63, 3.8) is 0 Å². The third kappa shape index (κ3) is 2.87. The first-order chi connectivity index (χ1) is 6.05. The van der Waals surface area contributed by atoms with Crippen molar-refractivity contribution in [2.75, 3.05) is 31.2 Å². The van der Waals surface area contributed by atoms with Gasteiger partial charge < -0.3 is 9.64 Å². The summed E-state index contributed by atoms with van der Waals surface area (Å²) in [6.45, 7) is 2.54. The highest BCUT2D eigenvalue weighted by Gasteiger charge is 2.25. The van der Waals surface area contributed by atoms with E-state index in [0.717, 1.165) is 0 Å². The van der Waals surface area contributed by atoms with E-state index < -0.39 is 15.9 Å². The number of carbonyl (C=O) groups excluding carboxylic acids is 1. The molecule has 0 atom stereocenters. The van der Waals surface area contributed by atoms with Gasteiger partial charge in [-0.25, -0.2) is 13.2 Å². The Morgan fingerprint density at radius 3 is 2.38 bits per heavy atom. The minimum absolute atomic E-state index is 0.0474. The van der Waals surface area contributed by atoms with E-state index in [4.69, 9.17) is 4.74 Å². The van der Waals surface area contributed by atoms with Gasteiger partial charge in [-0.05, 0) is 6.92 Å². The van der Waals surface area contributed by atoms with Gasteiger partial charge in [0.1, 0.15) is 0 Å². The molecule has 0 aromatic heterocycles. The lowest BCUT2D eigenvalue weighted by molar-refractivity contribution is 0.110. The molecule has 1 rings (SSSR count). The maximum Gasteiger partial charge on any atom is 0.409 e. The first kappa shape index (κ1) is 10.3. The van der Waals surface area contributed by atoms with Crippen LogP contribution in [0.2, 0.25) is 0 Å². The fourth-order valence-corrected chi connectivity index (χ4v) is 2.31. The van der Waals surface area contributed by atoms with Crippen LogP contribution in [0.15, 0.2) is 0 Å². The average Bonchev–Trinajstić information content (AvgIpc) is 2.04. The number of rotatable bonds is 1. The molecule has 0 aromatic rings. The molecule has 5 nitrogen and oxygen atoms in total. The lowest BCUT2D eigenvalue weighted by atomic mass is 10.5. The van der Waals surface area contributed by atoms with Gasteiger partial charge in [-0.1, -0.05) is 0 Å². The lowest BCUT2D eigenvalue weighted by Crippen LogP contribution is -2.43. The monoisotopic (exact) mass is 207 g/mol. The zero-order valence-electron chi connectivity index (χ0n) is 7.52. The average molecular weight is 207 g/mol. The SMILES string of the molecule is CCOC(=O)N1CCS(=O)(=O)CC1. The van der Waals surface area contributed by atoms with Crippen LogP contribution >= 0.6 is 0 Å².